The van der Waals surface area contributed by atoms with Crippen molar-refractivity contribution in [3.05, 3.63) is 64.8 Å². The molecule has 0 saturated heterocycles. The quantitative estimate of drug-likeness (QED) is 0.634. The highest BCUT2D eigenvalue weighted by Crippen LogP contribution is 2.30. The summed E-state index contributed by atoms with van der Waals surface area (Å²) in [4.78, 5) is 9.39. The van der Waals surface area contributed by atoms with E-state index in [0.29, 0.717) is 16.6 Å². The van der Waals surface area contributed by atoms with Gasteiger partial charge >= 0.3 is 0 Å². The number of nitrogens with one attached hydrogen (secondary N) is 1. The van der Waals surface area contributed by atoms with Crippen LogP contribution < -0.4 is 5.32 Å². The topological polar surface area (TPSA) is 37.8 Å². The van der Waals surface area contributed by atoms with Gasteiger partial charge in [0.05, 0.1) is 32.5 Å². The van der Waals surface area contributed by atoms with Gasteiger partial charge in [0, 0.05) is 17.8 Å². The monoisotopic (exact) mass is 343 g/mol. The van der Waals surface area contributed by atoms with E-state index >= 15 is 0 Å². The summed E-state index contributed by atoms with van der Waals surface area (Å²) in [5.74, 6) is 0. The average Bonchev–Trinajstić information content (AvgIpc) is 2.55. The van der Waals surface area contributed by atoms with Gasteiger partial charge in [0.2, 0.25) is 0 Å². The molecule has 116 valence electrons. The molecule has 1 heterocycles. The minimum atomic E-state index is 0.506. The van der Waals surface area contributed by atoms with E-state index in [4.69, 9.17) is 28.2 Å². The average molecular weight is 344 g/mol. The molecule has 3 rings (SSSR count). The van der Waals surface area contributed by atoms with Crippen molar-refractivity contribution < 1.29 is 0 Å². The standard InChI is InChI=1S/C18H15Cl2N3/c1-3-8-21-13-5-7-16-17(10-13)23-18(11(2)22-16)12-4-6-14(19)15(20)9-12/h3-7,9-10,21H,1,8H2,2H3. The van der Waals surface area contributed by atoms with Gasteiger partial charge in [-0.1, -0.05) is 35.3 Å². The Bertz CT molecular complexity index is 891. The fourth-order valence-electron chi connectivity index (χ4n) is 2.36. The smallest absolute Gasteiger partial charge is 0.0922 e. The maximum absolute atomic E-state index is 6.12. The van der Waals surface area contributed by atoms with Crippen LogP contribution in [0.1, 0.15) is 5.69 Å². The van der Waals surface area contributed by atoms with Gasteiger partial charge in [0.15, 0.2) is 0 Å². The first kappa shape index (κ1) is 15.8. The van der Waals surface area contributed by atoms with E-state index in [2.05, 4.69) is 16.9 Å². The number of aromatic nitrogens is 2. The Morgan fingerprint density at radius 1 is 1.04 bits per heavy atom. The van der Waals surface area contributed by atoms with Crippen LogP contribution in [0.5, 0.6) is 0 Å². The molecule has 0 aliphatic rings. The molecule has 0 unspecified atom stereocenters. The van der Waals surface area contributed by atoms with E-state index in [1.807, 2.05) is 43.3 Å². The predicted octanol–water partition coefficient (Wildman–Crippen LogP) is 5.51. The third-order valence-electron chi connectivity index (χ3n) is 3.48. The van der Waals surface area contributed by atoms with Crippen LogP contribution in [0.25, 0.3) is 22.3 Å². The van der Waals surface area contributed by atoms with E-state index in [0.717, 1.165) is 33.7 Å². The van der Waals surface area contributed by atoms with Crippen molar-refractivity contribution in [3.8, 4) is 11.3 Å². The highest BCUT2D eigenvalue weighted by atomic mass is 35.5. The van der Waals surface area contributed by atoms with Gasteiger partial charge in [0.25, 0.3) is 0 Å². The first-order valence-electron chi connectivity index (χ1n) is 7.17. The molecule has 1 aromatic heterocycles. The SMILES string of the molecule is C=CCNc1ccc2nc(C)c(-c3ccc(Cl)c(Cl)c3)nc2c1. The summed E-state index contributed by atoms with van der Waals surface area (Å²) in [7, 11) is 0. The molecule has 5 heteroatoms. The van der Waals surface area contributed by atoms with Crippen LogP contribution in [0.3, 0.4) is 0 Å². The number of halogens is 2. The Balaban J connectivity index is 2.10. The molecule has 0 saturated carbocycles. The van der Waals surface area contributed by atoms with E-state index in [1.54, 1.807) is 6.07 Å². The van der Waals surface area contributed by atoms with Gasteiger partial charge in [-0.15, -0.1) is 6.58 Å². The van der Waals surface area contributed by atoms with E-state index in [9.17, 15) is 0 Å². The zero-order chi connectivity index (χ0) is 16.4. The zero-order valence-electron chi connectivity index (χ0n) is 12.6. The Morgan fingerprint density at radius 3 is 2.61 bits per heavy atom. The molecule has 0 spiro atoms. The van der Waals surface area contributed by atoms with Crippen LogP contribution in [-0.2, 0) is 0 Å². The van der Waals surface area contributed by atoms with E-state index < -0.39 is 0 Å². The fourth-order valence-corrected chi connectivity index (χ4v) is 2.66. The van der Waals surface area contributed by atoms with Gasteiger partial charge in [-0.2, -0.15) is 0 Å². The summed E-state index contributed by atoms with van der Waals surface area (Å²) >= 11 is 12.1. The maximum atomic E-state index is 6.12. The molecule has 0 amide bonds. The van der Waals surface area contributed by atoms with Gasteiger partial charge in [-0.25, -0.2) is 9.97 Å². The predicted molar refractivity (Wildman–Crippen MR) is 98.4 cm³/mol. The summed E-state index contributed by atoms with van der Waals surface area (Å²) in [5.41, 5.74) is 5.22. The molecule has 0 bridgehead atoms. The first-order chi connectivity index (χ1) is 11.1. The van der Waals surface area contributed by atoms with Crippen LogP contribution in [0.15, 0.2) is 49.1 Å². The second kappa shape index (κ2) is 6.57. The highest BCUT2D eigenvalue weighted by Gasteiger charge is 2.10. The number of nitrogens with zero attached hydrogens (tertiary/aromatic N) is 2. The largest absolute Gasteiger partial charge is 0.382 e. The molecule has 0 aliphatic heterocycles. The number of hydrogen-bond donors (Lipinski definition) is 1. The summed E-state index contributed by atoms with van der Waals surface area (Å²) in [6, 6.07) is 11.4. The molecule has 0 atom stereocenters. The van der Waals surface area contributed by atoms with Crippen molar-refractivity contribution in [2.45, 2.75) is 6.92 Å². The Labute approximate surface area is 145 Å². The van der Waals surface area contributed by atoms with Crippen molar-refractivity contribution in [2.24, 2.45) is 0 Å². The van der Waals surface area contributed by atoms with Gasteiger partial charge < -0.3 is 5.32 Å². The molecule has 23 heavy (non-hydrogen) atoms. The summed E-state index contributed by atoms with van der Waals surface area (Å²) in [6.07, 6.45) is 1.81. The van der Waals surface area contributed by atoms with Crippen LogP contribution in [0.4, 0.5) is 5.69 Å². The molecular formula is C18H15Cl2N3. The van der Waals surface area contributed by atoms with Crippen LogP contribution in [-0.4, -0.2) is 16.5 Å². The maximum Gasteiger partial charge on any atom is 0.0922 e. The summed E-state index contributed by atoms with van der Waals surface area (Å²) < 4.78 is 0. The molecule has 0 radical (unpaired) electrons. The second-order valence-corrected chi connectivity index (χ2v) is 5.97. The molecule has 3 aromatic rings. The van der Waals surface area contributed by atoms with Crippen molar-refractivity contribution in [1.82, 2.24) is 9.97 Å². The minimum absolute atomic E-state index is 0.506. The number of hydrogen-bond acceptors (Lipinski definition) is 3. The lowest BCUT2D eigenvalue weighted by Gasteiger charge is -2.09. The lowest BCUT2D eigenvalue weighted by Crippen LogP contribution is -1.99. The first-order valence-corrected chi connectivity index (χ1v) is 7.92. The van der Waals surface area contributed by atoms with E-state index in [-0.39, 0.29) is 0 Å². The number of aryl methyl sites for hydroxylation is 1. The van der Waals surface area contributed by atoms with Crippen LogP contribution in [0.2, 0.25) is 10.0 Å². The van der Waals surface area contributed by atoms with Crippen molar-refractivity contribution in [2.75, 3.05) is 11.9 Å². The summed E-state index contributed by atoms with van der Waals surface area (Å²) in [6.45, 7) is 6.34. The molecule has 1 N–H and O–H groups in total. The number of benzene rings is 2. The number of rotatable bonds is 4. The number of anilines is 1. The molecular weight excluding hydrogens is 329 g/mol. The third kappa shape index (κ3) is 3.31. The van der Waals surface area contributed by atoms with Gasteiger partial charge in [-0.05, 0) is 37.3 Å². The molecule has 3 nitrogen and oxygen atoms in total. The van der Waals surface area contributed by atoms with Crippen molar-refractivity contribution >= 4 is 39.9 Å². The molecule has 0 fully saturated rings. The number of fused-ring (bicyclic) bond motifs is 1. The van der Waals surface area contributed by atoms with Crippen LogP contribution in [0, 0.1) is 6.92 Å². The lowest BCUT2D eigenvalue weighted by molar-refractivity contribution is 1.19. The second-order valence-electron chi connectivity index (χ2n) is 5.16. The third-order valence-corrected chi connectivity index (χ3v) is 4.22. The van der Waals surface area contributed by atoms with Crippen molar-refractivity contribution in [3.63, 3.8) is 0 Å². The van der Waals surface area contributed by atoms with Gasteiger partial charge in [-0.3, -0.25) is 0 Å². The lowest BCUT2D eigenvalue weighted by atomic mass is 10.1. The Hall–Kier alpha value is -2.10. The van der Waals surface area contributed by atoms with Crippen molar-refractivity contribution in [1.29, 1.82) is 0 Å². The normalized spacial score (nSPS) is 10.7. The fraction of sp³-hybridized carbons (Fsp3) is 0.111. The van der Waals surface area contributed by atoms with Crippen LogP contribution >= 0.6 is 23.2 Å². The molecule has 0 aliphatic carbocycles. The Morgan fingerprint density at radius 2 is 1.87 bits per heavy atom. The Kier molecular flexibility index (Phi) is 4.51. The molecule has 2 aromatic carbocycles. The summed E-state index contributed by atoms with van der Waals surface area (Å²) in [5, 5.41) is 4.28. The van der Waals surface area contributed by atoms with E-state index in [1.165, 1.54) is 0 Å². The van der Waals surface area contributed by atoms with Gasteiger partial charge in [0.1, 0.15) is 0 Å². The zero-order valence-corrected chi connectivity index (χ0v) is 14.1. The minimum Gasteiger partial charge on any atom is -0.382 e. The highest BCUT2D eigenvalue weighted by molar-refractivity contribution is 6.42.